The number of H-pyrrole nitrogens is 1. The van der Waals surface area contributed by atoms with Crippen LogP contribution in [0, 0.1) is 5.92 Å². The lowest BCUT2D eigenvalue weighted by Gasteiger charge is -2.12. The molecule has 2 unspecified atom stereocenters. The van der Waals surface area contributed by atoms with Crippen LogP contribution in [0.4, 0.5) is 0 Å². The lowest BCUT2D eigenvalue weighted by Crippen LogP contribution is -2.12. The summed E-state index contributed by atoms with van der Waals surface area (Å²) >= 11 is 1.65. The number of Topliss-reactive ketones (excluding diaryl/α,β-unsaturated/α-hetero) is 1. The molecule has 6 heteroatoms. The van der Waals surface area contributed by atoms with Gasteiger partial charge in [-0.2, -0.15) is 0 Å². The summed E-state index contributed by atoms with van der Waals surface area (Å²) in [6.45, 7) is 2.00. The molecule has 0 amide bonds. The molecule has 1 saturated carbocycles. The van der Waals surface area contributed by atoms with Crippen LogP contribution in [0.1, 0.15) is 19.8 Å². The van der Waals surface area contributed by atoms with E-state index >= 15 is 0 Å². The zero-order valence-corrected chi connectivity index (χ0v) is 10.2. The van der Waals surface area contributed by atoms with E-state index in [-0.39, 0.29) is 5.92 Å². The summed E-state index contributed by atoms with van der Waals surface area (Å²) in [5.74, 6) is 0.477. The molecule has 17 heavy (non-hydrogen) atoms. The molecule has 0 aliphatic heterocycles. The van der Waals surface area contributed by atoms with E-state index in [0.29, 0.717) is 23.1 Å². The van der Waals surface area contributed by atoms with Gasteiger partial charge in [-0.3, -0.25) is 4.79 Å². The molecule has 1 N–H and O–H groups in total. The van der Waals surface area contributed by atoms with E-state index in [0.717, 1.165) is 17.0 Å². The maximum atomic E-state index is 11.5. The summed E-state index contributed by atoms with van der Waals surface area (Å²) < 4.78 is 0. The average Bonchev–Trinajstić information content (AvgIpc) is 2.91. The van der Waals surface area contributed by atoms with E-state index in [9.17, 15) is 4.79 Å². The highest BCUT2D eigenvalue weighted by atomic mass is 32.2. The number of fused-ring (bicyclic) bond motifs is 1. The third-order valence-corrected chi connectivity index (χ3v) is 4.67. The number of carbonyl (C=O) groups excluding carboxylic acids is 1. The summed E-state index contributed by atoms with van der Waals surface area (Å²) in [5.41, 5.74) is 1.54. The summed E-state index contributed by atoms with van der Waals surface area (Å²) in [6.07, 6.45) is 4.76. The number of hydrogen-bond acceptors (Lipinski definition) is 5. The molecule has 0 aromatic carbocycles. The van der Waals surface area contributed by atoms with Gasteiger partial charge in [-0.1, -0.05) is 18.7 Å². The molecular weight excluding hydrogens is 236 g/mol. The van der Waals surface area contributed by atoms with E-state index in [1.807, 2.05) is 6.92 Å². The Hall–Kier alpha value is -1.43. The van der Waals surface area contributed by atoms with Crippen LogP contribution < -0.4 is 0 Å². The zero-order chi connectivity index (χ0) is 11.8. The Labute approximate surface area is 102 Å². The van der Waals surface area contributed by atoms with Crippen molar-refractivity contribution in [1.29, 1.82) is 0 Å². The number of imidazole rings is 1. The highest BCUT2D eigenvalue weighted by molar-refractivity contribution is 8.00. The first kappa shape index (κ1) is 10.7. The molecule has 1 aliphatic carbocycles. The van der Waals surface area contributed by atoms with Gasteiger partial charge in [0, 0.05) is 17.6 Å². The molecule has 3 rings (SSSR count). The first-order valence-electron chi connectivity index (χ1n) is 5.59. The van der Waals surface area contributed by atoms with Crippen molar-refractivity contribution in [2.24, 2.45) is 5.92 Å². The number of nitrogens with zero attached hydrogens (tertiary/aromatic N) is 3. The Morgan fingerprint density at radius 3 is 3.06 bits per heavy atom. The van der Waals surface area contributed by atoms with E-state index in [4.69, 9.17) is 0 Å². The highest BCUT2D eigenvalue weighted by Gasteiger charge is 2.32. The topological polar surface area (TPSA) is 71.5 Å². The number of ketones is 1. The van der Waals surface area contributed by atoms with Gasteiger partial charge in [0.15, 0.2) is 5.65 Å². The molecule has 0 spiro atoms. The minimum atomic E-state index is 0.118. The fourth-order valence-corrected chi connectivity index (χ4v) is 3.36. The normalized spacial score (nSPS) is 24.6. The molecule has 2 aromatic rings. The van der Waals surface area contributed by atoms with E-state index in [1.165, 1.54) is 6.33 Å². The van der Waals surface area contributed by atoms with E-state index in [1.54, 1.807) is 18.1 Å². The van der Waals surface area contributed by atoms with E-state index in [2.05, 4.69) is 19.9 Å². The van der Waals surface area contributed by atoms with Gasteiger partial charge >= 0.3 is 0 Å². The Balaban J connectivity index is 1.90. The average molecular weight is 248 g/mol. The van der Waals surface area contributed by atoms with Gasteiger partial charge in [-0.25, -0.2) is 15.0 Å². The molecule has 2 atom stereocenters. The van der Waals surface area contributed by atoms with Crippen LogP contribution in [0.25, 0.3) is 11.2 Å². The summed E-state index contributed by atoms with van der Waals surface area (Å²) in [6, 6.07) is 0. The Bertz CT molecular complexity index is 567. The Morgan fingerprint density at radius 2 is 2.29 bits per heavy atom. The van der Waals surface area contributed by atoms with Crippen LogP contribution in [-0.4, -0.2) is 31.0 Å². The summed E-state index contributed by atoms with van der Waals surface area (Å²) in [7, 11) is 0. The monoisotopic (exact) mass is 248 g/mol. The van der Waals surface area contributed by atoms with Crippen LogP contribution in [-0.2, 0) is 4.79 Å². The second kappa shape index (κ2) is 4.10. The third-order valence-electron chi connectivity index (χ3n) is 3.19. The van der Waals surface area contributed by atoms with Crippen molar-refractivity contribution >= 4 is 28.7 Å². The minimum Gasteiger partial charge on any atom is -0.341 e. The second-order valence-electron chi connectivity index (χ2n) is 4.23. The Morgan fingerprint density at radius 1 is 1.41 bits per heavy atom. The van der Waals surface area contributed by atoms with Crippen molar-refractivity contribution in [2.75, 3.05) is 0 Å². The van der Waals surface area contributed by atoms with Crippen molar-refractivity contribution in [3.05, 3.63) is 12.7 Å². The molecule has 0 saturated heterocycles. The summed E-state index contributed by atoms with van der Waals surface area (Å²) in [4.78, 5) is 27.0. The van der Waals surface area contributed by atoms with Crippen LogP contribution in [0.2, 0.25) is 0 Å². The van der Waals surface area contributed by atoms with Gasteiger partial charge in [0.2, 0.25) is 0 Å². The number of nitrogens with one attached hydrogen (secondary N) is 1. The smallest absolute Gasteiger partial charge is 0.181 e. The lowest BCUT2D eigenvalue weighted by atomic mass is 10.1. The SMILES string of the molecule is CC1C(=O)CCC1Sc1ncnc2nc[nH]c12. The van der Waals surface area contributed by atoms with Crippen LogP contribution in [0.15, 0.2) is 17.7 Å². The van der Waals surface area contributed by atoms with Gasteiger partial charge in [0.1, 0.15) is 22.7 Å². The van der Waals surface area contributed by atoms with Crippen molar-refractivity contribution in [2.45, 2.75) is 30.0 Å². The predicted molar refractivity (Wildman–Crippen MR) is 64.7 cm³/mol. The number of aromatic nitrogens is 4. The van der Waals surface area contributed by atoms with E-state index < -0.39 is 0 Å². The standard InChI is InChI=1S/C11H12N4OS/c1-6-7(16)2-3-8(6)17-11-9-10(13-4-12-9)14-5-15-11/h4-6,8H,2-3H2,1H3,(H,12,13,14,15). The molecule has 5 nitrogen and oxygen atoms in total. The molecule has 0 radical (unpaired) electrons. The molecule has 1 aliphatic rings. The maximum Gasteiger partial charge on any atom is 0.181 e. The van der Waals surface area contributed by atoms with Gasteiger partial charge in [0.05, 0.1) is 6.33 Å². The largest absolute Gasteiger partial charge is 0.341 e. The number of carbonyl (C=O) groups is 1. The third kappa shape index (κ3) is 1.82. The predicted octanol–water partition coefficient (Wildman–Crippen LogP) is 1.81. The number of thioether (sulfide) groups is 1. The fraction of sp³-hybridized carbons (Fsp3) is 0.455. The second-order valence-corrected chi connectivity index (χ2v) is 5.46. The summed E-state index contributed by atoms with van der Waals surface area (Å²) in [5, 5.41) is 1.21. The van der Waals surface area contributed by atoms with Crippen LogP contribution >= 0.6 is 11.8 Å². The van der Waals surface area contributed by atoms with Crippen molar-refractivity contribution in [1.82, 2.24) is 19.9 Å². The highest BCUT2D eigenvalue weighted by Crippen LogP contribution is 2.37. The molecule has 1 fully saturated rings. The van der Waals surface area contributed by atoms with Gasteiger partial charge in [0.25, 0.3) is 0 Å². The minimum absolute atomic E-state index is 0.118. The quantitative estimate of drug-likeness (QED) is 0.821. The van der Waals surface area contributed by atoms with Crippen molar-refractivity contribution in [3.63, 3.8) is 0 Å². The molecule has 0 bridgehead atoms. The first-order valence-corrected chi connectivity index (χ1v) is 6.47. The molecule has 2 aromatic heterocycles. The van der Waals surface area contributed by atoms with Crippen LogP contribution in [0.3, 0.4) is 0 Å². The Kier molecular flexibility index (Phi) is 2.58. The van der Waals surface area contributed by atoms with Crippen molar-refractivity contribution < 1.29 is 4.79 Å². The van der Waals surface area contributed by atoms with Gasteiger partial charge in [-0.05, 0) is 6.42 Å². The fourth-order valence-electron chi connectivity index (χ4n) is 2.11. The number of hydrogen-bond donors (Lipinski definition) is 1. The first-order chi connectivity index (χ1) is 8.25. The van der Waals surface area contributed by atoms with Crippen LogP contribution in [0.5, 0.6) is 0 Å². The maximum absolute atomic E-state index is 11.5. The van der Waals surface area contributed by atoms with Gasteiger partial charge in [-0.15, -0.1) is 0 Å². The number of aromatic amines is 1. The molecule has 2 heterocycles. The zero-order valence-electron chi connectivity index (χ0n) is 9.38. The lowest BCUT2D eigenvalue weighted by molar-refractivity contribution is -0.120. The van der Waals surface area contributed by atoms with Crippen molar-refractivity contribution in [3.8, 4) is 0 Å². The number of rotatable bonds is 2. The molecular formula is C11H12N4OS. The van der Waals surface area contributed by atoms with Gasteiger partial charge < -0.3 is 4.98 Å². The molecule has 88 valence electrons.